The van der Waals surface area contributed by atoms with Gasteiger partial charge in [-0.3, -0.25) is 15.0 Å². The number of rotatable bonds is 6. The molecule has 3 aromatic heterocycles. The van der Waals surface area contributed by atoms with E-state index in [4.69, 9.17) is 4.98 Å². The molecule has 1 aromatic carbocycles. The Labute approximate surface area is 170 Å². The molecule has 1 N–H and O–H groups in total. The highest BCUT2D eigenvalue weighted by atomic mass is 15.1. The first-order valence-corrected chi connectivity index (χ1v) is 9.55. The van der Waals surface area contributed by atoms with Crippen molar-refractivity contribution in [2.24, 2.45) is 0 Å². The Kier molecular flexibility index (Phi) is 5.52. The van der Waals surface area contributed by atoms with E-state index in [1.54, 1.807) is 31.0 Å². The summed E-state index contributed by atoms with van der Waals surface area (Å²) in [7, 11) is 0. The SMILES string of the molecule is Cc1ccc(-c2nc(NC(C)Cc3cnccn3)ncc2-c2ccncc2)cc1. The topological polar surface area (TPSA) is 76.5 Å². The number of aromatic nitrogens is 5. The fourth-order valence-electron chi connectivity index (χ4n) is 3.15. The summed E-state index contributed by atoms with van der Waals surface area (Å²) in [6.07, 6.45) is 11.3. The van der Waals surface area contributed by atoms with Crippen LogP contribution < -0.4 is 5.32 Å². The number of nitrogens with zero attached hydrogens (tertiary/aromatic N) is 5. The molecule has 144 valence electrons. The Bertz CT molecular complexity index is 1070. The van der Waals surface area contributed by atoms with Crippen molar-refractivity contribution in [3.63, 3.8) is 0 Å². The maximum absolute atomic E-state index is 4.85. The van der Waals surface area contributed by atoms with Crippen LogP contribution in [0.4, 0.5) is 5.95 Å². The summed E-state index contributed by atoms with van der Waals surface area (Å²) in [5, 5.41) is 3.39. The molecule has 0 fully saturated rings. The van der Waals surface area contributed by atoms with Crippen LogP contribution >= 0.6 is 0 Å². The van der Waals surface area contributed by atoms with Crippen LogP contribution in [0.5, 0.6) is 0 Å². The second-order valence-corrected chi connectivity index (χ2v) is 7.00. The van der Waals surface area contributed by atoms with Crippen LogP contribution in [0.15, 0.2) is 73.6 Å². The standard InChI is InChI=1S/C23H22N6/c1-16-3-5-19(6-4-16)22-21(18-7-9-24-10-8-18)15-27-23(29-22)28-17(2)13-20-14-25-11-12-26-20/h3-12,14-15,17H,13H2,1-2H3,(H,27,28,29). The van der Waals surface area contributed by atoms with E-state index in [2.05, 4.69) is 63.4 Å². The van der Waals surface area contributed by atoms with Gasteiger partial charge in [-0.1, -0.05) is 29.8 Å². The number of aryl methyl sites for hydroxylation is 1. The van der Waals surface area contributed by atoms with E-state index in [9.17, 15) is 0 Å². The molecule has 0 aliphatic rings. The quantitative estimate of drug-likeness (QED) is 0.534. The number of nitrogens with one attached hydrogen (secondary N) is 1. The third-order valence-electron chi connectivity index (χ3n) is 4.61. The van der Waals surface area contributed by atoms with Gasteiger partial charge >= 0.3 is 0 Å². The Morgan fingerprint density at radius 1 is 0.828 bits per heavy atom. The van der Waals surface area contributed by atoms with Gasteiger partial charge in [-0.25, -0.2) is 9.97 Å². The number of pyridine rings is 1. The van der Waals surface area contributed by atoms with Crippen molar-refractivity contribution in [2.75, 3.05) is 5.32 Å². The summed E-state index contributed by atoms with van der Waals surface area (Å²) in [5.41, 5.74) is 6.09. The minimum atomic E-state index is 0.115. The normalized spacial score (nSPS) is 11.8. The predicted octanol–water partition coefficient (Wildman–Crippen LogP) is 4.35. The Hall–Kier alpha value is -3.67. The van der Waals surface area contributed by atoms with E-state index in [1.165, 1.54) is 5.56 Å². The molecule has 0 spiro atoms. The first-order chi connectivity index (χ1) is 14.2. The molecule has 0 aliphatic carbocycles. The minimum absolute atomic E-state index is 0.115. The van der Waals surface area contributed by atoms with Gasteiger partial charge < -0.3 is 5.32 Å². The molecule has 0 saturated heterocycles. The van der Waals surface area contributed by atoms with E-state index in [0.29, 0.717) is 5.95 Å². The highest BCUT2D eigenvalue weighted by Crippen LogP contribution is 2.30. The Morgan fingerprint density at radius 2 is 1.62 bits per heavy atom. The van der Waals surface area contributed by atoms with Crippen LogP contribution in [-0.2, 0) is 6.42 Å². The van der Waals surface area contributed by atoms with Gasteiger partial charge in [0.05, 0.1) is 11.4 Å². The van der Waals surface area contributed by atoms with Gasteiger partial charge in [0.25, 0.3) is 0 Å². The second-order valence-electron chi connectivity index (χ2n) is 7.00. The maximum Gasteiger partial charge on any atom is 0.223 e. The summed E-state index contributed by atoms with van der Waals surface area (Å²) in [4.78, 5) is 22.0. The first-order valence-electron chi connectivity index (χ1n) is 9.55. The van der Waals surface area contributed by atoms with Crippen molar-refractivity contribution in [1.82, 2.24) is 24.9 Å². The molecular weight excluding hydrogens is 360 g/mol. The lowest BCUT2D eigenvalue weighted by atomic mass is 10.0. The van der Waals surface area contributed by atoms with Gasteiger partial charge in [0, 0.05) is 60.8 Å². The largest absolute Gasteiger partial charge is 0.351 e. The molecule has 6 heteroatoms. The fraction of sp³-hybridized carbons (Fsp3) is 0.174. The molecule has 0 radical (unpaired) electrons. The summed E-state index contributed by atoms with van der Waals surface area (Å²) in [6.45, 7) is 4.16. The molecule has 29 heavy (non-hydrogen) atoms. The monoisotopic (exact) mass is 382 g/mol. The third-order valence-corrected chi connectivity index (χ3v) is 4.61. The molecule has 0 saturated carbocycles. The smallest absolute Gasteiger partial charge is 0.223 e. The van der Waals surface area contributed by atoms with Crippen molar-refractivity contribution in [2.45, 2.75) is 26.3 Å². The average Bonchev–Trinajstić information content (AvgIpc) is 2.75. The minimum Gasteiger partial charge on any atom is -0.351 e. The number of anilines is 1. The molecule has 4 rings (SSSR count). The highest BCUT2D eigenvalue weighted by Gasteiger charge is 2.13. The molecule has 1 atom stereocenters. The van der Waals surface area contributed by atoms with Crippen LogP contribution in [0.3, 0.4) is 0 Å². The van der Waals surface area contributed by atoms with Crippen molar-refractivity contribution in [3.8, 4) is 22.4 Å². The molecule has 0 aliphatic heterocycles. The van der Waals surface area contributed by atoms with E-state index >= 15 is 0 Å². The summed E-state index contributed by atoms with van der Waals surface area (Å²) >= 11 is 0. The zero-order valence-electron chi connectivity index (χ0n) is 16.4. The zero-order valence-corrected chi connectivity index (χ0v) is 16.4. The van der Waals surface area contributed by atoms with Crippen LogP contribution in [0, 0.1) is 6.92 Å². The molecule has 3 heterocycles. The van der Waals surface area contributed by atoms with Crippen molar-refractivity contribution < 1.29 is 0 Å². The summed E-state index contributed by atoms with van der Waals surface area (Å²) in [5.74, 6) is 0.592. The summed E-state index contributed by atoms with van der Waals surface area (Å²) < 4.78 is 0. The predicted molar refractivity (Wildman–Crippen MR) is 114 cm³/mol. The van der Waals surface area contributed by atoms with Gasteiger partial charge in [-0.15, -0.1) is 0 Å². The molecular formula is C23H22N6. The molecule has 4 aromatic rings. The lowest BCUT2D eigenvalue weighted by Crippen LogP contribution is -2.20. The first kappa shape index (κ1) is 18.7. The third kappa shape index (κ3) is 4.60. The molecule has 6 nitrogen and oxygen atoms in total. The van der Waals surface area contributed by atoms with Crippen molar-refractivity contribution >= 4 is 5.95 Å². The molecule has 0 bridgehead atoms. The zero-order chi connectivity index (χ0) is 20.1. The average molecular weight is 382 g/mol. The van der Waals surface area contributed by atoms with Crippen LogP contribution in [-0.4, -0.2) is 31.0 Å². The van der Waals surface area contributed by atoms with Crippen LogP contribution in [0.25, 0.3) is 22.4 Å². The number of benzene rings is 1. The maximum atomic E-state index is 4.85. The Morgan fingerprint density at radius 3 is 2.34 bits per heavy atom. The van der Waals surface area contributed by atoms with Gasteiger partial charge in [0.15, 0.2) is 0 Å². The number of hydrogen-bond donors (Lipinski definition) is 1. The highest BCUT2D eigenvalue weighted by molar-refractivity contribution is 5.80. The van der Waals surface area contributed by atoms with Gasteiger partial charge in [-0.05, 0) is 31.5 Å². The van der Waals surface area contributed by atoms with E-state index in [-0.39, 0.29) is 6.04 Å². The Balaban J connectivity index is 1.66. The van der Waals surface area contributed by atoms with Gasteiger partial charge in [0.1, 0.15) is 0 Å². The fourth-order valence-corrected chi connectivity index (χ4v) is 3.15. The van der Waals surface area contributed by atoms with E-state index < -0.39 is 0 Å². The van der Waals surface area contributed by atoms with Crippen molar-refractivity contribution in [3.05, 3.63) is 84.8 Å². The van der Waals surface area contributed by atoms with E-state index in [0.717, 1.165) is 34.5 Å². The van der Waals surface area contributed by atoms with Crippen LogP contribution in [0.1, 0.15) is 18.2 Å². The molecule has 0 amide bonds. The van der Waals surface area contributed by atoms with Crippen molar-refractivity contribution in [1.29, 1.82) is 0 Å². The molecule has 1 unspecified atom stereocenters. The van der Waals surface area contributed by atoms with E-state index in [1.807, 2.05) is 18.3 Å². The van der Waals surface area contributed by atoms with Crippen LogP contribution in [0.2, 0.25) is 0 Å². The number of hydrogen-bond acceptors (Lipinski definition) is 6. The lowest BCUT2D eigenvalue weighted by molar-refractivity contribution is 0.754. The summed E-state index contributed by atoms with van der Waals surface area (Å²) in [6, 6.07) is 12.4. The lowest BCUT2D eigenvalue weighted by Gasteiger charge is -2.16. The van der Waals surface area contributed by atoms with Gasteiger partial charge in [-0.2, -0.15) is 0 Å². The second kappa shape index (κ2) is 8.56. The van der Waals surface area contributed by atoms with Gasteiger partial charge in [0.2, 0.25) is 5.95 Å².